The summed E-state index contributed by atoms with van der Waals surface area (Å²) in [7, 11) is 0. The van der Waals surface area contributed by atoms with Gasteiger partial charge in [0.2, 0.25) is 0 Å². The molecule has 1 N–H and O–H groups in total. The minimum atomic E-state index is -0.329. The summed E-state index contributed by atoms with van der Waals surface area (Å²) in [5, 5.41) is 18.1. The quantitative estimate of drug-likeness (QED) is 0.887. The molecule has 2 aromatic rings. The van der Waals surface area contributed by atoms with E-state index in [1.54, 1.807) is 6.07 Å². The number of aliphatic hydroxyl groups excluding tert-OH is 1. The fourth-order valence-electron chi connectivity index (χ4n) is 2.20. The second-order valence-corrected chi connectivity index (χ2v) is 4.84. The van der Waals surface area contributed by atoms with Crippen LogP contribution in [0.2, 0.25) is 0 Å². The van der Waals surface area contributed by atoms with Gasteiger partial charge in [-0.25, -0.2) is 4.39 Å². The Bertz CT molecular complexity index is 622. The zero-order valence-electron chi connectivity index (χ0n) is 11.7. The number of nitrogens with zero attached hydrogens (tertiary/aromatic N) is 2. The normalized spacial score (nSPS) is 10.6. The highest BCUT2D eigenvalue weighted by molar-refractivity contribution is 5.33. The fourth-order valence-corrected chi connectivity index (χ4v) is 2.20. The monoisotopic (exact) mass is 284 g/mol. The lowest BCUT2D eigenvalue weighted by Gasteiger charge is -2.22. The SMILES string of the molecule is N#Cc1ccc(F)c(CN(CCO)Cc2ccccc2)c1. The summed E-state index contributed by atoms with van der Waals surface area (Å²) in [6.07, 6.45) is 0. The van der Waals surface area contributed by atoms with Crippen molar-refractivity contribution in [2.24, 2.45) is 0 Å². The van der Waals surface area contributed by atoms with Crippen LogP contribution in [0.3, 0.4) is 0 Å². The lowest BCUT2D eigenvalue weighted by molar-refractivity contribution is 0.183. The van der Waals surface area contributed by atoms with Gasteiger partial charge >= 0.3 is 0 Å². The molecular formula is C17H17FN2O. The fraction of sp³-hybridized carbons (Fsp3) is 0.235. The smallest absolute Gasteiger partial charge is 0.127 e. The van der Waals surface area contributed by atoms with Crippen LogP contribution in [0.5, 0.6) is 0 Å². The molecule has 0 unspecified atom stereocenters. The van der Waals surface area contributed by atoms with E-state index in [0.29, 0.717) is 30.8 Å². The molecule has 21 heavy (non-hydrogen) atoms. The van der Waals surface area contributed by atoms with E-state index < -0.39 is 0 Å². The average Bonchev–Trinajstić information content (AvgIpc) is 2.51. The average molecular weight is 284 g/mol. The molecule has 0 fully saturated rings. The topological polar surface area (TPSA) is 47.3 Å². The van der Waals surface area contributed by atoms with Gasteiger partial charge in [-0.2, -0.15) is 5.26 Å². The largest absolute Gasteiger partial charge is 0.395 e. The van der Waals surface area contributed by atoms with Crippen molar-refractivity contribution in [2.45, 2.75) is 13.1 Å². The van der Waals surface area contributed by atoms with E-state index in [1.807, 2.05) is 41.3 Å². The van der Waals surface area contributed by atoms with Gasteiger partial charge in [0.1, 0.15) is 5.82 Å². The van der Waals surface area contributed by atoms with E-state index in [9.17, 15) is 9.50 Å². The first-order valence-electron chi connectivity index (χ1n) is 6.78. The molecule has 3 nitrogen and oxygen atoms in total. The van der Waals surface area contributed by atoms with Crippen LogP contribution < -0.4 is 0 Å². The van der Waals surface area contributed by atoms with E-state index in [2.05, 4.69) is 0 Å². The zero-order chi connectivity index (χ0) is 15.1. The Morgan fingerprint density at radius 2 is 1.86 bits per heavy atom. The highest BCUT2D eigenvalue weighted by Crippen LogP contribution is 2.14. The van der Waals surface area contributed by atoms with E-state index in [4.69, 9.17) is 5.26 Å². The number of benzene rings is 2. The van der Waals surface area contributed by atoms with Gasteiger partial charge in [0.05, 0.1) is 18.2 Å². The third-order valence-electron chi connectivity index (χ3n) is 3.23. The van der Waals surface area contributed by atoms with Crippen molar-refractivity contribution < 1.29 is 9.50 Å². The van der Waals surface area contributed by atoms with E-state index in [1.165, 1.54) is 12.1 Å². The molecule has 0 bridgehead atoms. The molecule has 0 aliphatic heterocycles. The lowest BCUT2D eigenvalue weighted by atomic mass is 10.1. The van der Waals surface area contributed by atoms with Gasteiger partial charge in [0.15, 0.2) is 0 Å². The number of nitriles is 1. The van der Waals surface area contributed by atoms with E-state index >= 15 is 0 Å². The van der Waals surface area contributed by atoms with E-state index in [0.717, 1.165) is 5.56 Å². The summed E-state index contributed by atoms with van der Waals surface area (Å²) >= 11 is 0. The molecule has 0 spiro atoms. The molecule has 0 saturated carbocycles. The van der Waals surface area contributed by atoms with Crippen molar-refractivity contribution in [1.82, 2.24) is 4.90 Å². The Morgan fingerprint density at radius 3 is 2.52 bits per heavy atom. The van der Waals surface area contributed by atoms with Crippen molar-refractivity contribution in [3.05, 3.63) is 71.0 Å². The predicted octanol–water partition coefficient (Wildman–Crippen LogP) is 2.69. The Hall–Kier alpha value is -2.22. The molecule has 108 valence electrons. The zero-order valence-corrected chi connectivity index (χ0v) is 11.7. The first-order chi connectivity index (χ1) is 10.2. The van der Waals surface area contributed by atoms with Crippen LogP contribution in [0.1, 0.15) is 16.7 Å². The van der Waals surface area contributed by atoms with Crippen LogP contribution in [-0.4, -0.2) is 23.2 Å². The molecule has 0 aromatic heterocycles. The minimum absolute atomic E-state index is 0.00634. The summed E-state index contributed by atoms with van der Waals surface area (Å²) in [5.41, 5.74) is 2.01. The molecule has 0 saturated heterocycles. The van der Waals surface area contributed by atoms with Crippen molar-refractivity contribution in [2.75, 3.05) is 13.2 Å². The number of hydrogen-bond donors (Lipinski definition) is 1. The standard InChI is InChI=1S/C17H17FN2O/c18-17-7-6-15(11-19)10-16(17)13-20(8-9-21)12-14-4-2-1-3-5-14/h1-7,10,21H,8-9,12-13H2. The molecule has 0 atom stereocenters. The Balaban J connectivity index is 2.14. The summed E-state index contributed by atoms with van der Waals surface area (Å²) in [5.74, 6) is -0.329. The summed E-state index contributed by atoms with van der Waals surface area (Å²) in [6, 6.07) is 16.2. The number of aliphatic hydroxyl groups is 1. The highest BCUT2D eigenvalue weighted by atomic mass is 19.1. The Labute approximate surface area is 123 Å². The van der Waals surface area contributed by atoms with Gasteiger partial charge in [0, 0.05) is 25.2 Å². The summed E-state index contributed by atoms with van der Waals surface area (Å²) in [4.78, 5) is 1.95. The van der Waals surface area contributed by atoms with Crippen LogP contribution in [0.25, 0.3) is 0 Å². The van der Waals surface area contributed by atoms with Gasteiger partial charge in [-0.15, -0.1) is 0 Å². The number of hydrogen-bond acceptors (Lipinski definition) is 3. The maximum atomic E-state index is 13.8. The van der Waals surface area contributed by atoms with Crippen LogP contribution in [0, 0.1) is 17.1 Å². The van der Waals surface area contributed by atoms with E-state index in [-0.39, 0.29) is 12.4 Å². The van der Waals surface area contributed by atoms with Crippen molar-refractivity contribution in [3.8, 4) is 6.07 Å². The van der Waals surface area contributed by atoms with Crippen LogP contribution in [-0.2, 0) is 13.1 Å². The molecule has 2 rings (SSSR count). The van der Waals surface area contributed by atoms with Gasteiger partial charge in [-0.1, -0.05) is 30.3 Å². The second-order valence-electron chi connectivity index (χ2n) is 4.84. The maximum Gasteiger partial charge on any atom is 0.127 e. The molecule has 0 aliphatic rings. The lowest BCUT2D eigenvalue weighted by Crippen LogP contribution is -2.26. The van der Waals surface area contributed by atoms with Crippen molar-refractivity contribution in [3.63, 3.8) is 0 Å². The Morgan fingerprint density at radius 1 is 1.10 bits per heavy atom. The molecule has 0 amide bonds. The highest BCUT2D eigenvalue weighted by Gasteiger charge is 2.10. The van der Waals surface area contributed by atoms with Gasteiger partial charge in [-0.3, -0.25) is 4.90 Å². The summed E-state index contributed by atoms with van der Waals surface area (Å²) in [6.45, 7) is 1.44. The first kappa shape index (κ1) is 15.2. The van der Waals surface area contributed by atoms with Crippen molar-refractivity contribution in [1.29, 1.82) is 5.26 Å². The minimum Gasteiger partial charge on any atom is -0.395 e. The molecule has 2 aromatic carbocycles. The Kier molecular flexibility index (Phi) is 5.44. The van der Waals surface area contributed by atoms with Crippen LogP contribution >= 0.6 is 0 Å². The van der Waals surface area contributed by atoms with Crippen LogP contribution in [0.15, 0.2) is 48.5 Å². The van der Waals surface area contributed by atoms with Crippen molar-refractivity contribution >= 4 is 0 Å². The van der Waals surface area contributed by atoms with Gasteiger partial charge < -0.3 is 5.11 Å². The van der Waals surface area contributed by atoms with Gasteiger partial charge in [0.25, 0.3) is 0 Å². The summed E-state index contributed by atoms with van der Waals surface area (Å²) < 4.78 is 13.8. The van der Waals surface area contributed by atoms with Gasteiger partial charge in [-0.05, 0) is 23.8 Å². The predicted molar refractivity (Wildman–Crippen MR) is 78.8 cm³/mol. The van der Waals surface area contributed by atoms with Crippen LogP contribution in [0.4, 0.5) is 4.39 Å². The molecular weight excluding hydrogens is 267 g/mol. The number of halogens is 1. The molecule has 0 radical (unpaired) electrons. The third kappa shape index (κ3) is 4.38. The first-order valence-corrected chi connectivity index (χ1v) is 6.78. The number of rotatable bonds is 6. The maximum absolute atomic E-state index is 13.8. The molecule has 0 heterocycles. The third-order valence-corrected chi connectivity index (χ3v) is 3.23. The second kappa shape index (κ2) is 7.53. The molecule has 4 heteroatoms. The molecule has 0 aliphatic carbocycles.